The van der Waals surface area contributed by atoms with Crippen molar-refractivity contribution in [2.75, 3.05) is 12.0 Å². The topological polar surface area (TPSA) is 92.9 Å². The van der Waals surface area contributed by atoms with Crippen LogP contribution in [0.15, 0.2) is 12.1 Å². The Morgan fingerprint density at radius 1 is 1.42 bits per heavy atom. The smallest absolute Gasteiger partial charge is 0.271 e. The van der Waals surface area contributed by atoms with Crippen LogP contribution in [0.1, 0.15) is 43.1 Å². The molecule has 6 nitrogen and oxygen atoms in total. The van der Waals surface area contributed by atoms with E-state index in [2.05, 4.69) is 27.9 Å². The van der Waals surface area contributed by atoms with Gasteiger partial charge in [-0.25, -0.2) is 5.84 Å². The van der Waals surface area contributed by atoms with Crippen LogP contribution in [0.5, 0.6) is 0 Å². The number of nitrogens with zero attached hydrogens (tertiary/aromatic N) is 2. The molecule has 4 N–H and O–H groups in total. The third-order valence-corrected chi connectivity index (χ3v) is 3.64. The molecule has 2 atom stereocenters. The zero-order chi connectivity index (χ0) is 13.7. The van der Waals surface area contributed by atoms with Gasteiger partial charge in [-0.05, 0) is 36.8 Å². The second kappa shape index (κ2) is 6.47. The first-order valence-electron chi connectivity index (χ1n) is 6.77. The minimum atomic E-state index is -0.172. The van der Waals surface area contributed by atoms with Crippen molar-refractivity contribution in [2.24, 2.45) is 17.7 Å². The van der Waals surface area contributed by atoms with Crippen molar-refractivity contribution >= 4 is 11.7 Å². The average Bonchev–Trinajstić information content (AvgIpc) is 2.45. The van der Waals surface area contributed by atoms with Gasteiger partial charge in [0.05, 0.1) is 0 Å². The van der Waals surface area contributed by atoms with Gasteiger partial charge >= 0.3 is 0 Å². The van der Waals surface area contributed by atoms with Crippen molar-refractivity contribution < 1.29 is 4.79 Å². The molecule has 1 heterocycles. The number of carbonyl (C=O) groups is 1. The van der Waals surface area contributed by atoms with Gasteiger partial charge in [0.15, 0.2) is 11.5 Å². The van der Waals surface area contributed by atoms with Crippen molar-refractivity contribution in [1.82, 2.24) is 15.5 Å². The predicted molar refractivity (Wildman–Crippen MR) is 73.3 cm³/mol. The number of anilines is 1. The molecule has 0 aromatic carbocycles. The predicted octanol–water partition coefficient (Wildman–Crippen LogP) is 1.32. The molecule has 2 unspecified atom stereocenters. The van der Waals surface area contributed by atoms with Gasteiger partial charge in [0.25, 0.3) is 5.91 Å². The number of nitrogens with one attached hydrogen (secondary N) is 2. The molecule has 6 heteroatoms. The molecule has 2 rings (SSSR count). The lowest BCUT2D eigenvalue weighted by molar-refractivity contribution is 0.0934. The van der Waals surface area contributed by atoms with E-state index in [0.29, 0.717) is 17.4 Å². The average molecular weight is 263 g/mol. The Morgan fingerprint density at radius 3 is 2.89 bits per heavy atom. The van der Waals surface area contributed by atoms with Crippen molar-refractivity contribution in [3.8, 4) is 0 Å². The van der Waals surface area contributed by atoms with Crippen LogP contribution in [0, 0.1) is 11.8 Å². The van der Waals surface area contributed by atoms with E-state index in [0.717, 1.165) is 12.5 Å². The van der Waals surface area contributed by atoms with Crippen molar-refractivity contribution in [3.05, 3.63) is 17.8 Å². The molecule has 1 aliphatic carbocycles. The first-order valence-corrected chi connectivity index (χ1v) is 6.77. The lowest BCUT2D eigenvalue weighted by atomic mass is 9.82. The standard InChI is InChI=1S/C13H21N5O/c1-9-3-2-4-10(7-9)8-15-13(19)11-5-6-12(16-14)18-17-11/h5-6,9-10H,2-4,7-8,14H2,1H3,(H,15,19)(H,16,18). The van der Waals surface area contributed by atoms with Gasteiger partial charge in [-0.1, -0.05) is 19.8 Å². The number of hydrazine groups is 1. The largest absolute Gasteiger partial charge is 0.350 e. The first-order chi connectivity index (χ1) is 9.19. The Balaban J connectivity index is 1.83. The maximum absolute atomic E-state index is 11.9. The zero-order valence-electron chi connectivity index (χ0n) is 11.2. The van der Waals surface area contributed by atoms with Crippen LogP contribution < -0.4 is 16.6 Å². The second-order valence-electron chi connectivity index (χ2n) is 5.30. The molecule has 19 heavy (non-hydrogen) atoms. The Labute approximate surface area is 113 Å². The fraction of sp³-hybridized carbons (Fsp3) is 0.615. The third-order valence-electron chi connectivity index (χ3n) is 3.64. The summed E-state index contributed by atoms with van der Waals surface area (Å²) in [5.41, 5.74) is 2.70. The summed E-state index contributed by atoms with van der Waals surface area (Å²) in [6.45, 7) is 3.00. The van der Waals surface area contributed by atoms with Crippen molar-refractivity contribution in [2.45, 2.75) is 32.6 Å². The fourth-order valence-corrected chi connectivity index (χ4v) is 2.60. The first kappa shape index (κ1) is 13.7. The van der Waals surface area contributed by atoms with Gasteiger partial charge in [0.1, 0.15) is 0 Å². The van der Waals surface area contributed by atoms with Gasteiger partial charge in [0, 0.05) is 6.54 Å². The monoisotopic (exact) mass is 263 g/mol. The minimum Gasteiger partial charge on any atom is -0.350 e. The number of amides is 1. The highest BCUT2D eigenvalue weighted by Gasteiger charge is 2.19. The van der Waals surface area contributed by atoms with E-state index in [-0.39, 0.29) is 5.91 Å². The Hall–Kier alpha value is -1.69. The molecule has 1 aliphatic rings. The van der Waals surface area contributed by atoms with Crippen LogP contribution in [0.4, 0.5) is 5.82 Å². The Bertz CT molecular complexity index is 420. The van der Waals surface area contributed by atoms with Gasteiger partial charge in [-0.2, -0.15) is 0 Å². The summed E-state index contributed by atoms with van der Waals surface area (Å²) in [6, 6.07) is 3.24. The summed E-state index contributed by atoms with van der Waals surface area (Å²) < 4.78 is 0. The molecule has 104 valence electrons. The number of nitrogen functional groups attached to an aromatic ring is 1. The van der Waals surface area contributed by atoms with Gasteiger partial charge in [-0.15, -0.1) is 10.2 Å². The molecule has 1 saturated carbocycles. The molecule has 1 amide bonds. The fourth-order valence-electron chi connectivity index (χ4n) is 2.60. The number of nitrogens with two attached hydrogens (primary N) is 1. The van der Waals surface area contributed by atoms with Gasteiger partial charge in [0.2, 0.25) is 0 Å². The van der Waals surface area contributed by atoms with Crippen LogP contribution in [0.2, 0.25) is 0 Å². The highest BCUT2D eigenvalue weighted by molar-refractivity contribution is 5.92. The van der Waals surface area contributed by atoms with E-state index >= 15 is 0 Å². The van der Waals surface area contributed by atoms with E-state index in [4.69, 9.17) is 5.84 Å². The van der Waals surface area contributed by atoms with E-state index in [9.17, 15) is 4.79 Å². The number of aromatic nitrogens is 2. The summed E-state index contributed by atoms with van der Waals surface area (Å²) in [5.74, 6) is 6.82. The van der Waals surface area contributed by atoms with Crippen LogP contribution in [0.25, 0.3) is 0 Å². The molecular weight excluding hydrogens is 242 g/mol. The van der Waals surface area contributed by atoms with Crippen molar-refractivity contribution in [1.29, 1.82) is 0 Å². The lowest BCUT2D eigenvalue weighted by Crippen LogP contribution is -2.32. The van der Waals surface area contributed by atoms with Gasteiger partial charge < -0.3 is 10.7 Å². The number of hydrogen-bond donors (Lipinski definition) is 3. The van der Waals surface area contributed by atoms with Crippen LogP contribution in [-0.2, 0) is 0 Å². The molecule has 1 aromatic heterocycles. The molecule has 0 saturated heterocycles. The highest BCUT2D eigenvalue weighted by atomic mass is 16.1. The van der Waals surface area contributed by atoms with E-state index < -0.39 is 0 Å². The number of rotatable bonds is 4. The summed E-state index contributed by atoms with van der Waals surface area (Å²) in [6.07, 6.45) is 4.97. The normalized spacial score (nSPS) is 22.8. The molecule has 0 bridgehead atoms. The summed E-state index contributed by atoms with van der Waals surface area (Å²) >= 11 is 0. The Kier molecular flexibility index (Phi) is 4.68. The Morgan fingerprint density at radius 2 is 2.26 bits per heavy atom. The van der Waals surface area contributed by atoms with Crippen LogP contribution in [0.3, 0.4) is 0 Å². The number of hydrogen-bond acceptors (Lipinski definition) is 5. The minimum absolute atomic E-state index is 0.172. The van der Waals surface area contributed by atoms with E-state index in [1.807, 2.05) is 0 Å². The van der Waals surface area contributed by atoms with Crippen molar-refractivity contribution in [3.63, 3.8) is 0 Å². The molecule has 1 aromatic rings. The zero-order valence-corrected chi connectivity index (χ0v) is 11.2. The van der Waals surface area contributed by atoms with E-state index in [1.54, 1.807) is 12.1 Å². The SMILES string of the molecule is CC1CCCC(CNC(=O)c2ccc(NN)nn2)C1. The maximum atomic E-state index is 11.9. The number of carbonyl (C=O) groups excluding carboxylic acids is 1. The summed E-state index contributed by atoms with van der Waals surface area (Å²) in [4.78, 5) is 11.9. The van der Waals surface area contributed by atoms with Crippen LogP contribution >= 0.6 is 0 Å². The highest BCUT2D eigenvalue weighted by Crippen LogP contribution is 2.27. The molecule has 0 spiro atoms. The second-order valence-corrected chi connectivity index (χ2v) is 5.30. The summed E-state index contributed by atoms with van der Waals surface area (Å²) in [7, 11) is 0. The molecular formula is C13H21N5O. The molecule has 1 fully saturated rings. The summed E-state index contributed by atoms with van der Waals surface area (Å²) in [5, 5.41) is 10.5. The maximum Gasteiger partial charge on any atom is 0.271 e. The molecule has 0 radical (unpaired) electrons. The van der Waals surface area contributed by atoms with Crippen LogP contribution in [-0.4, -0.2) is 22.6 Å². The quantitative estimate of drug-likeness (QED) is 0.562. The van der Waals surface area contributed by atoms with Gasteiger partial charge in [-0.3, -0.25) is 4.79 Å². The van der Waals surface area contributed by atoms with E-state index in [1.165, 1.54) is 25.7 Å². The third kappa shape index (κ3) is 3.89. The lowest BCUT2D eigenvalue weighted by Gasteiger charge is -2.26. The molecule has 0 aliphatic heterocycles.